The molecule has 1 aliphatic heterocycles. The zero-order valence-corrected chi connectivity index (χ0v) is 22.3. The number of aromatic nitrogens is 2. The average molecular weight is 570 g/mol. The van der Waals surface area contributed by atoms with E-state index in [2.05, 4.69) is 28.1 Å². The molecule has 0 radical (unpaired) electrons. The van der Waals surface area contributed by atoms with Crippen LogP contribution in [0, 0.1) is 0 Å². The molecule has 2 heterocycles. The van der Waals surface area contributed by atoms with Crippen LogP contribution in [0.3, 0.4) is 0 Å². The summed E-state index contributed by atoms with van der Waals surface area (Å²) in [6, 6.07) is 32.0. The van der Waals surface area contributed by atoms with E-state index in [1.165, 1.54) is 0 Å². The molecule has 0 saturated carbocycles. The molecule has 0 aliphatic carbocycles. The number of methoxy groups -OCH3 is 1. The number of hydrazone groups is 1. The Morgan fingerprint density at radius 2 is 1.70 bits per heavy atom. The van der Waals surface area contributed by atoms with Gasteiger partial charge in [-0.3, -0.25) is 0 Å². The number of benzene rings is 4. The quantitative estimate of drug-likeness (QED) is 0.215. The van der Waals surface area contributed by atoms with E-state index in [1.54, 1.807) is 7.11 Å². The van der Waals surface area contributed by atoms with Gasteiger partial charge in [0, 0.05) is 32.4 Å². The first kappa shape index (κ1) is 23.6. The second-order valence-electron chi connectivity index (χ2n) is 8.77. The van der Waals surface area contributed by atoms with Gasteiger partial charge in [-0.05, 0) is 48.0 Å². The predicted molar refractivity (Wildman–Crippen MR) is 153 cm³/mol. The van der Waals surface area contributed by atoms with Crippen molar-refractivity contribution < 1.29 is 4.74 Å². The van der Waals surface area contributed by atoms with Crippen molar-refractivity contribution in [2.75, 3.05) is 12.1 Å². The molecule has 4 aromatic carbocycles. The third-order valence-electron chi connectivity index (χ3n) is 6.46. The van der Waals surface area contributed by atoms with Crippen LogP contribution in [0.4, 0.5) is 5.95 Å². The Balaban J connectivity index is 1.56. The number of halogens is 2. The van der Waals surface area contributed by atoms with E-state index in [0.29, 0.717) is 17.4 Å². The van der Waals surface area contributed by atoms with Gasteiger partial charge in [0.2, 0.25) is 5.95 Å². The fourth-order valence-electron chi connectivity index (χ4n) is 4.72. The molecule has 0 saturated heterocycles. The minimum Gasteiger partial charge on any atom is -0.496 e. The van der Waals surface area contributed by atoms with E-state index in [9.17, 15) is 0 Å². The van der Waals surface area contributed by atoms with Gasteiger partial charge in [-0.2, -0.15) is 5.10 Å². The Hall–Kier alpha value is -3.74. The summed E-state index contributed by atoms with van der Waals surface area (Å²) in [7, 11) is 1.68. The van der Waals surface area contributed by atoms with Crippen molar-refractivity contribution in [3.05, 3.63) is 118 Å². The van der Waals surface area contributed by atoms with Gasteiger partial charge in [0.15, 0.2) is 0 Å². The van der Waals surface area contributed by atoms with Crippen molar-refractivity contribution >= 4 is 50.1 Å². The largest absolute Gasteiger partial charge is 0.496 e. The number of anilines is 1. The lowest BCUT2D eigenvalue weighted by molar-refractivity contribution is 0.414. The number of rotatable bonds is 5. The first-order valence-corrected chi connectivity index (χ1v) is 13.1. The molecule has 5 aromatic rings. The molecular weight excluding hydrogens is 548 g/mol. The number of hydrogen-bond donors (Lipinski definition) is 0. The third kappa shape index (κ3) is 4.59. The van der Waals surface area contributed by atoms with E-state index in [1.807, 2.05) is 89.9 Å². The molecule has 37 heavy (non-hydrogen) atoms. The summed E-state index contributed by atoms with van der Waals surface area (Å²) >= 11 is 10.0. The van der Waals surface area contributed by atoms with Crippen molar-refractivity contribution in [3.63, 3.8) is 0 Å². The lowest BCUT2D eigenvalue weighted by Gasteiger charge is -2.23. The molecule has 1 unspecified atom stereocenters. The highest BCUT2D eigenvalue weighted by Gasteiger charge is 2.33. The Morgan fingerprint density at radius 1 is 0.892 bits per heavy atom. The van der Waals surface area contributed by atoms with Gasteiger partial charge in [0.25, 0.3) is 0 Å². The van der Waals surface area contributed by atoms with Crippen LogP contribution >= 0.6 is 27.5 Å². The lowest BCUT2D eigenvalue weighted by Crippen LogP contribution is -2.21. The van der Waals surface area contributed by atoms with Crippen molar-refractivity contribution in [2.45, 2.75) is 12.5 Å². The molecule has 5 nitrogen and oxygen atoms in total. The smallest absolute Gasteiger partial charge is 0.247 e. The van der Waals surface area contributed by atoms with Crippen LogP contribution in [0.5, 0.6) is 5.75 Å². The molecule has 0 amide bonds. The second kappa shape index (κ2) is 9.96. The molecule has 0 spiro atoms. The van der Waals surface area contributed by atoms with Crippen molar-refractivity contribution in [1.29, 1.82) is 0 Å². The van der Waals surface area contributed by atoms with Crippen molar-refractivity contribution in [2.24, 2.45) is 5.10 Å². The Kier molecular flexibility index (Phi) is 6.37. The van der Waals surface area contributed by atoms with Crippen LogP contribution in [0.15, 0.2) is 107 Å². The van der Waals surface area contributed by atoms with E-state index >= 15 is 0 Å². The minimum atomic E-state index is -0.0919. The van der Waals surface area contributed by atoms with Crippen LogP contribution in [-0.2, 0) is 0 Å². The van der Waals surface area contributed by atoms with Gasteiger partial charge < -0.3 is 4.74 Å². The monoisotopic (exact) mass is 568 g/mol. The molecule has 182 valence electrons. The Morgan fingerprint density at radius 3 is 2.51 bits per heavy atom. The Labute approximate surface area is 228 Å². The highest BCUT2D eigenvalue weighted by Crippen LogP contribution is 2.39. The maximum Gasteiger partial charge on any atom is 0.247 e. The minimum absolute atomic E-state index is 0.0919. The van der Waals surface area contributed by atoms with Crippen LogP contribution in [0.25, 0.3) is 22.2 Å². The predicted octanol–water partition coefficient (Wildman–Crippen LogP) is 8.08. The van der Waals surface area contributed by atoms with Crippen molar-refractivity contribution in [1.82, 2.24) is 9.97 Å². The highest BCUT2D eigenvalue weighted by atomic mass is 79.9. The van der Waals surface area contributed by atoms with Crippen LogP contribution in [0.2, 0.25) is 5.02 Å². The molecule has 6 rings (SSSR count). The first-order chi connectivity index (χ1) is 18.1. The summed E-state index contributed by atoms with van der Waals surface area (Å²) in [5.41, 5.74) is 5.61. The number of fused-ring (bicyclic) bond motifs is 1. The van der Waals surface area contributed by atoms with Crippen LogP contribution in [-0.4, -0.2) is 22.8 Å². The topological polar surface area (TPSA) is 50.6 Å². The summed E-state index contributed by atoms with van der Waals surface area (Å²) in [4.78, 5) is 10.0. The van der Waals surface area contributed by atoms with E-state index in [4.69, 9.17) is 31.4 Å². The molecule has 1 aliphatic rings. The highest BCUT2D eigenvalue weighted by molar-refractivity contribution is 9.10. The van der Waals surface area contributed by atoms with Gasteiger partial charge in [-0.15, -0.1) is 0 Å². The number of hydrogen-bond acceptors (Lipinski definition) is 5. The van der Waals surface area contributed by atoms with Gasteiger partial charge >= 0.3 is 0 Å². The SMILES string of the molecule is COc1ccccc1C1=NN(c2nc(-c3ccccc3)c3cc(Cl)ccc3n2)C(c2cccc(Br)c2)C1. The lowest BCUT2D eigenvalue weighted by atomic mass is 9.98. The van der Waals surface area contributed by atoms with Crippen LogP contribution in [0.1, 0.15) is 23.6 Å². The average Bonchev–Trinajstić information content (AvgIpc) is 3.38. The van der Waals surface area contributed by atoms with Gasteiger partial charge in [0.1, 0.15) is 5.75 Å². The second-order valence-corrected chi connectivity index (χ2v) is 10.1. The summed E-state index contributed by atoms with van der Waals surface area (Å²) < 4.78 is 6.66. The molecule has 7 heteroatoms. The zero-order valence-electron chi connectivity index (χ0n) is 20.0. The van der Waals surface area contributed by atoms with E-state index in [-0.39, 0.29) is 6.04 Å². The molecular formula is C30H22BrClN4O. The maximum atomic E-state index is 6.37. The third-order valence-corrected chi connectivity index (χ3v) is 7.19. The number of para-hydroxylation sites is 1. The molecule has 1 atom stereocenters. The van der Waals surface area contributed by atoms with Crippen molar-refractivity contribution in [3.8, 4) is 17.0 Å². The molecule has 0 bridgehead atoms. The van der Waals surface area contributed by atoms with Gasteiger partial charge in [0.05, 0.1) is 30.1 Å². The molecule has 0 fully saturated rings. The van der Waals surface area contributed by atoms with Gasteiger partial charge in [-0.1, -0.05) is 82.1 Å². The standard InChI is InChI=1S/C30H22BrClN4O/c1-37-28-13-6-5-12-23(28)26-18-27(20-10-7-11-21(31)16-20)36(35-26)30-33-25-15-14-22(32)17-24(25)29(34-30)19-8-3-2-4-9-19/h2-17,27H,18H2,1H3. The molecule has 0 N–H and O–H groups in total. The number of ether oxygens (including phenoxy) is 1. The fourth-order valence-corrected chi connectivity index (χ4v) is 5.31. The summed E-state index contributed by atoms with van der Waals surface area (Å²) in [5, 5.41) is 8.56. The number of nitrogens with zero attached hydrogens (tertiary/aromatic N) is 4. The zero-order chi connectivity index (χ0) is 25.4. The van der Waals surface area contributed by atoms with E-state index < -0.39 is 0 Å². The Bertz CT molecular complexity index is 1640. The van der Waals surface area contributed by atoms with Crippen LogP contribution < -0.4 is 9.75 Å². The fraction of sp³-hybridized carbons (Fsp3) is 0.100. The normalized spacial score (nSPS) is 15.2. The van der Waals surface area contributed by atoms with Gasteiger partial charge in [-0.25, -0.2) is 15.0 Å². The molecule has 1 aromatic heterocycles. The van der Waals surface area contributed by atoms with E-state index in [0.717, 1.165) is 49.2 Å². The summed E-state index contributed by atoms with van der Waals surface area (Å²) in [6.07, 6.45) is 0.680. The summed E-state index contributed by atoms with van der Waals surface area (Å²) in [5.74, 6) is 1.32. The maximum absolute atomic E-state index is 6.37. The summed E-state index contributed by atoms with van der Waals surface area (Å²) in [6.45, 7) is 0. The first-order valence-electron chi connectivity index (χ1n) is 11.9.